The number of halogens is 1. The Kier molecular flexibility index (Phi) is 4.57. The summed E-state index contributed by atoms with van der Waals surface area (Å²) >= 11 is 0. The lowest BCUT2D eigenvalue weighted by Gasteiger charge is -2.38. The fraction of sp³-hybridized carbons (Fsp3) is 0.211. The van der Waals surface area contributed by atoms with Crippen LogP contribution in [0.5, 0.6) is 5.75 Å². The minimum atomic E-state index is -1.21. The molecule has 0 saturated carbocycles. The third-order valence-corrected chi connectivity index (χ3v) is 4.05. The van der Waals surface area contributed by atoms with Crippen LogP contribution in [-0.4, -0.2) is 35.0 Å². The number of anilines is 2. The van der Waals surface area contributed by atoms with Gasteiger partial charge >= 0.3 is 5.97 Å². The van der Waals surface area contributed by atoms with E-state index in [4.69, 9.17) is 4.74 Å². The maximum absolute atomic E-state index is 13.0. The Balaban J connectivity index is 1.89. The Labute approximate surface area is 154 Å². The van der Waals surface area contributed by atoms with Gasteiger partial charge in [0.15, 0.2) is 5.60 Å². The van der Waals surface area contributed by atoms with Gasteiger partial charge in [-0.2, -0.15) is 0 Å². The van der Waals surface area contributed by atoms with Gasteiger partial charge in [0.1, 0.15) is 18.1 Å². The highest BCUT2D eigenvalue weighted by Crippen LogP contribution is 2.38. The van der Waals surface area contributed by atoms with Crippen LogP contribution in [0.25, 0.3) is 0 Å². The van der Waals surface area contributed by atoms with Crippen molar-refractivity contribution in [2.75, 3.05) is 16.8 Å². The maximum atomic E-state index is 13.0. The zero-order valence-corrected chi connectivity index (χ0v) is 14.7. The summed E-state index contributed by atoms with van der Waals surface area (Å²) in [5.74, 6) is -2.29. The molecule has 0 saturated heterocycles. The lowest BCUT2D eigenvalue weighted by Crippen LogP contribution is -2.54. The monoisotopic (exact) mass is 372 g/mol. The highest BCUT2D eigenvalue weighted by molar-refractivity contribution is 6.08. The van der Waals surface area contributed by atoms with Gasteiger partial charge in [-0.25, -0.2) is 9.18 Å². The number of carboxylic acid groups (broad SMARTS) is 1. The van der Waals surface area contributed by atoms with Crippen molar-refractivity contribution in [3.05, 3.63) is 53.8 Å². The van der Waals surface area contributed by atoms with Gasteiger partial charge < -0.3 is 15.2 Å². The molecule has 27 heavy (non-hydrogen) atoms. The number of carbonyl (C=O) groups is 3. The number of hydrogen-bond donors (Lipinski definition) is 2. The van der Waals surface area contributed by atoms with Crippen LogP contribution in [0.15, 0.2) is 42.5 Å². The van der Waals surface area contributed by atoms with Crippen LogP contribution in [0.4, 0.5) is 15.8 Å². The quantitative estimate of drug-likeness (QED) is 0.860. The molecule has 2 amide bonds. The van der Waals surface area contributed by atoms with Gasteiger partial charge in [0.2, 0.25) is 5.91 Å². The Morgan fingerprint density at radius 2 is 1.85 bits per heavy atom. The van der Waals surface area contributed by atoms with E-state index in [-0.39, 0.29) is 17.8 Å². The third-order valence-electron chi connectivity index (χ3n) is 4.05. The molecule has 3 rings (SSSR count). The SMILES string of the molecule is CC1(C)Oc2ccc(C(=O)O)cc2N(CC(=O)Nc2ccc(F)cc2)C1=O. The van der Waals surface area contributed by atoms with E-state index in [0.29, 0.717) is 11.4 Å². The van der Waals surface area contributed by atoms with E-state index < -0.39 is 29.2 Å². The van der Waals surface area contributed by atoms with Crippen molar-refractivity contribution in [1.29, 1.82) is 0 Å². The van der Waals surface area contributed by atoms with E-state index in [1.54, 1.807) is 13.8 Å². The summed E-state index contributed by atoms with van der Waals surface area (Å²) in [6.07, 6.45) is 0. The van der Waals surface area contributed by atoms with Crippen LogP contribution >= 0.6 is 0 Å². The molecule has 0 aromatic heterocycles. The summed E-state index contributed by atoms with van der Waals surface area (Å²) in [7, 11) is 0. The highest BCUT2D eigenvalue weighted by Gasteiger charge is 2.41. The summed E-state index contributed by atoms with van der Waals surface area (Å²) in [5.41, 5.74) is -0.670. The van der Waals surface area contributed by atoms with E-state index in [1.165, 1.54) is 47.4 Å². The fourth-order valence-electron chi connectivity index (χ4n) is 2.73. The van der Waals surface area contributed by atoms with Gasteiger partial charge in [0.05, 0.1) is 11.3 Å². The van der Waals surface area contributed by atoms with Gasteiger partial charge in [-0.1, -0.05) is 0 Å². The number of carboxylic acids is 1. The molecule has 0 unspecified atom stereocenters. The molecular weight excluding hydrogens is 355 g/mol. The van der Waals surface area contributed by atoms with Crippen molar-refractivity contribution in [3.63, 3.8) is 0 Å². The lowest BCUT2D eigenvalue weighted by atomic mass is 10.0. The largest absolute Gasteiger partial charge is 0.478 e. The average molecular weight is 372 g/mol. The molecule has 140 valence electrons. The van der Waals surface area contributed by atoms with E-state index in [1.807, 2.05) is 0 Å². The molecule has 0 fully saturated rings. The first-order valence-corrected chi connectivity index (χ1v) is 8.11. The number of hydrogen-bond acceptors (Lipinski definition) is 4. The van der Waals surface area contributed by atoms with Crippen molar-refractivity contribution in [2.24, 2.45) is 0 Å². The molecule has 1 heterocycles. The Bertz CT molecular complexity index is 924. The topological polar surface area (TPSA) is 95.9 Å². The minimum absolute atomic E-state index is 0.0335. The first-order valence-electron chi connectivity index (χ1n) is 8.11. The van der Waals surface area contributed by atoms with Crippen molar-refractivity contribution < 1.29 is 28.6 Å². The molecule has 0 spiro atoms. The number of fused-ring (bicyclic) bond motifs is 1. The van der Waals surface area contributed by atoms with E-state index >= 15 is 0 Å². The molecule has 2 aromatic carbocycles. The molecule has 1 aliphatic rings. The van der Waals surface area contributed by atoms with Crippen molar-refractivity contribution in [3.8, 4) is 5.75 Å². The summed E-state index contributed by atoms with van der Waals surface area (Å²) in [4.78, 5) is 37.6. The number of aromatic carboxylic acids is 1. The van der Waals surface area contributed by atoms with Crippen LogP contribution in [0.3, 0.4) is 0 Å². The zero-order valence-electron chi connectivity index (χ0n) is 14.7. The number of carbonyl (C=O) groups excluding carboxylic acids is 2. The normalized spacial score (nSPS) is 14.9. The second kappa shape index (κ2) is 6.71. The predicted molar refractivity (Wildman–Crippen MR) is 95.5 cm³/mol. The zero-order chi connectivity index (χ0) is 19.8. The highest BCUT2D eigenvalue weighted by atomic mass is 19.1. The van der Waals surface area contributed by atoms with Gasteiger partial charge in [0.25, 0.3) is 5.91 Å². The summed E-state index contributed by atoms with van der Waals surface area (Å²) in [6.45, 7) is 2.78. The van der Waals surface area contributed by atoms with Gasteiger partial charge in [-0.3, -0.25) is 14.5 Å². The minimum Gasteiger partial charge on any atom is -0.478 e. The van der Waals surface area contributed by atoms with Crippen molar-refractivity contribution in [1.82, 2.24) is 0 Å². The number of amides is 2. The molecule has 2 N–H and O–H groups in total. The van der Waals surface area contributed by atoms with Gasteiger partial charge in [-0.15, -0.1) is 0 Å². The number of ether oxygens (including phenoxy) is 1. The van der Waals surface area contributed by atoms with Crippen LogP contribution in [0.2, 0.25) is 0 Å². The molecule has 2 aromatic rings. The fourth-order valence-corrected chi connectivity index (χ4v) is 2.73. The molecule has 0 radical (unpaired) electrons. The van der Waals surface area contributed by atoms with E-state index in [2.05, 4.69) is 5.32 Å². The molecule has 0 bridgehead atoms. The third kappa shape index (κ3) is 3.74. The molecular formula is C19H17FN2O5. The Hall–Kier alpha value is -3.42. The first kappa shape index (κ1) is 18.4. The number of benzene rings is 2. The number of nitrogens with one attached hydrogen (secondary N) is 1. The Morgan fingerprint density at radius 3 is 2.48 bits per heavy atom. The molecule has 1 aliphatic heterocycles. The first-order chi connectivity index (χ1) is 12.7. The number of nitrogens with zero attached hydrogens (tertiary/aromatic N) is 1. The summed E-state index contributed by atoms with van der Waals surface area (Å²) in [6, 6.07) is 9.31. The van der Waals surface area contributed by atoms with Gasteiger partial charge in [0, 0.05) is 5.69 Å². The molecule has 0 atom stereocenters. The van der Waals surface area contributed by atoms with Crippen molar-refractivity contribution in [2.45, 2.75) is 19.4 Å². The molecule has 7 nitrogen and oxygen atoms in total. The van der Waals surface area contributed by atoms with Crippen molar-refractivity contribution >= 4 is 29.2 Å². The van der Waals surface area contributed by atoms with Crippen LogP contribution in [-0.2, 0) is 9.59 Å². The molecule has 0 aliphatic carbocycles. The standard InChI is InChI=1S/C19H17FN2O5/c1-19(2)18(26)22(10-16(23)21-13-6-4-12(20)5-7-13)14-9-11(17(24)25)3-8-15(14)27-19/h3-9H,10H2,1-2H3,(H,21,23)(H,24,25). The van der Waals surface area contributed by atoms with Gasteiger partial charge in [-0.05, 0) is 56.3 Å². The Morgan fingerprint density at radius 1 is 1.19 bits per heavy atom. The predicted octanol–water partition coefficient (Wildman–Crippen LogP) is 2.67. The smallest absolute Gasteiger partial charge is 0.335 e. The number of rotatable bonds is 4. The summed E-state index contributed by atoms with van der Waals surface area (Å²) < 4.78 is 18.6. The van der Waals surface area contributed by atoms with E-state index in [0.717, 1.165) is 0 Å². The average Bonchev–Trinajstić information content (AvgIpc) is 2.60. The van der Waals surface area contributed by atoms with E-state index in [9.17, 15) is 23.9 Å². The molecule has 8 heteroatoms. The second-order valence-electron chi connectivity index (χ2n) is 6.55. The summed E-state index contributed by atoms with van der Waals surface area (Å²) in [5, 5.41) is 11.8. The lowest BCUT2D eigenvalue weighted by molar-refractivity contribution is -0.133. The maximum Gasteiger partial charge on any atom is 0.335 e. The van der Waals surface area contributed by atoms with Crippen LogP contribution < -0.4 is 15.0 Å². The van der Waals surface area contributed by atoms with Crippen LogP contribution in [0.1, 0.15) is 24.2 Å². The second-order valence-corrected chi connectivity index (χ2v) is 6.55. The van der Waals surface area contributed by atoms with Crippen LogP contribution in [0, 0.1) is 5.82 Å².